The number of benzene rings is 2. The molecule has 6 amide bonds. The summed E-state index contributed by atoms with van der Waals surface area (Å²) in [6, 6.07) is 12.3. The van der Waals surface area contributed by atoms with Gasteiger partial charge in [0, 0.05) is 48.4 Å². The molecule has 52 heavy (non-hydrogen) atoms. The Kier molecular flexibility index (Phi) is 10.9. The number of piperazine rings is 1. The normalized spacial score (nSPS) is 20.0. The van der Waals surface area contributed by atoms with Crippen LogP contribution >= 0.6 is 11.6 Å². The van der Waals surface area contributed by atoms with Gasteiger partial charge in [0.1, 0.15) is 11.8 Å². The van der Waals surface area contributed by atoms with E-state index in [2.05, 4.69) is 25.4 Å². The summed E-state index contributed by atoms with van der Waals surface area (Å²) < 4.78 is 11.6. The molecule has 270 valence electrons. The Morgan fingerprint density at radius 2 is 1.73 bits per heavy atom. The molecule has 0 radical (unpaired) electrons. The van der Waals surface area contributed by atoms with Gasteiger partial charge in [-0.25, -0.2) is 14.6 Å². The first-order valence-corrected chi connectivity index (χ1v) is 17.5. The van der Waals surface area contributed by atoms with Crippen LogP contribution < -0.4 is 25.0 Å². The van der Waals surface area contributed by atoms with E-state index in [1.54, 1.807) is 41.4 Å². The summed E-state index contributed by atoms with van der Waals surface area (Å²) in [5.41, 5.74) is 2.26. The number of aromatic nitrogens is 1. The Balaban J connectivity index is 0.893. The lowest BCUT2D eigenvalue weighted by Crippen LogP contribution is -2.59. The fraction of sp³-hybridized carbons (Fsp3) is 0.378. The molecule has 6 rings (SSSR count). The van der Waals surface area contributed by atoms with Crippen LogP contribution in [0.5, 0.6) is 11.6 Å². The summed E-state index contributed by atoms with van der Waals surface area (Å²) in [4.78, 5) is 75.5. The average molecular weight is 728 g/mol. The predicted molar refractivity (Wildman–Crippen MR) is 192 cm³/mol. The Morgan fingerprint density at radius 3 is 2.44 bits per heavy atom. The molecule has 2 saturated heterocycles. The second-order valence-corrected chi connectivity index (χ2v) is 13.4. The maximum atomic E-state index is 13.2. The fourth-order valence-electron chi connectivity index (χ4n) is 6.56. The Morgan fingerprint density at radius 1 is 0.962 bits per heavy atom. The molecule has 0 spiro atoms. The number of piperidine rings is 1. The molecule has 0 bridgehead atoms. The molecule has 2 aromatic carbocycles. The summed E-state index contributed by atoms with van der Waals surface area (Å²) in [5.74, 6) is -1.32. The number of anilines is 2. The number of carbonyl (C=O) groups excluding carboxylic acids is 5. The van der Waals surface area contributed by atoms with Crippen LogP contribution in [0.15, 0.2) is 54.7 Å². The zero-order valence-corrected chi connectivity index (χ0v) is 29.5. The smallest absolute Gasteiger partial charge is 0.322 e. The first-order chi connectivity index (χ1) is 25.0. The number of carbonyl (C=O) groups is 5. The number of urea groups is 1. The predicted octanol–water partition coefficient (Wildman–Crippen LogP) is 5.45. The minimum atomic E-state index is -1.01. The van der Waals surface area contributed by atoms with Crippen molar-refractivity contribution in [3.8, 4) is 11.6 Å². The van der Waals surface area contributed by atoms with Crippen LogP contribution in [-0.4, -0.2) is 88.9 Å². The van der Waals surface area contributed by atoms with E-state index in [0.717, 1.165) is 29.8 Å². The number of ether oxygens (including phenoxy) is 2. The van der Waals surface area contributed by atoms with Gasteiger partial charge in [-0.05, 0) is 75.9 Å². The van der Waals surface area contributed by atoms with Crippen LogP contribution in [0.4, 0.5) is 21.9 Å². The molecular formula is C37H38ClN7O7. The lowest BCUT2D eigenvalue weighted by Gasteiger charge is -2.45. The van der Waals surface area contributed by atoms with E-state index in [1.807, 2.05) is 19.9 Å². The van der Waals surface area contributed by atoms with Gasteiger partial charge in [-0.15, -0.1) is 0 Å². The highest BCUT2D eigenvalue weighted by Crippen LogP contribution is 2.33. The Labute approximate surface area is 305 Å². The summed E-state index contributed by atoms with van der Waals surface area (Å²) in [5, 5.41) is 5.53. The minimum Gasteiger partial charge on any atom is -0.494 e. The second kappa shape index (κ2) is 15.7. The van der Waals surface area contributed by atoms with Crippen LogP contribution in [0.2, 0.25) is 5.02 Å². The van der Waals surface area contributed by atoms with Gasteiger partial charge in [-0.2, -0.15) is 0 Å². The summed E-state index contributed by atoms with van der Waals surface area (Å²) in [7, 11) is 0. The van der Waals surface area contributed by atoms with Crippen molar-refractivity contribution in [1.29, 1.82) is 0 Å². The van der Waals surface area contributed by atoms with E-state index in [9.17, 15) is 24.0 Å². The molecule has 3 aromatic rings. The summed E-state index contributed by atoms with van der Waals surface area (Å²) in [6.07, 6.45) is 4.00. The van der Waals surface area contributed by atoms with Crippen molar-refractivity contribution in [1.82, 2.24) is 20.1 Å². The summed E-state index contributed by atoms with van der Waals surface area (Å²) in [6.45, 7) is 13.2. The molecule has 0 saturated carbocycles. The number of hydrogen-bond acceptors (Lipinski definition) is 9. The van der Waals surface area contributed by atoms with E-state index in [1.165, 1.54) is 12.1 Å². The number of imide groups is 2. The third-order valence-corrected chi connectivity index (χ3v) is 9.64. The van der Waals surface area contributed by atoms with Crippen LogP contribution in [0, 0.1) is 6.57 Å². The number of nitrogens with zero attached hydrogens (tertiary/aromatic N) is 5. The highest BCUT2D eigenvalue weighted by molar-refractivity contribution is 6.33. The molecule has 2 fully saturated rings. The molecule has 3 aliphatic rings. The van der Waals surface area contributed by atoms with Gasteiger partial charge in [0.15, 0.2) is 0 Å². The maximum absolute atomic E-state index is 13.2. The van der Waals surface area contributed by atoms with Gasteiger partial charge in [0.25, 0.3) is 11.8 Å². The lowest BCUT2D eigenvalue weighted by atomic mass is 10.0. The van der Waals surface area contributed by atoms with Crippen molar-refractivity contribution in [2.45, 2.75) is 64.1 Å². The van der Waals surface area contributed by atoms with E-state index in [0.29, 0.717) is 54.3 Å². The first kappa shape index (κ1) is 36.1. The molecule has 15 heteroatoms. The van der Waals surface area contributed by atoms with Gasteiger partial charge in [-0.3, -0.25) is 29.4 Å². The molecule has 2 N–H and O–H groups in total. The third kappa shape index (κ3) is 7.79. The molecule has 3 atom stereocenters. The standard InChI is InChI=1S/C37H38ClN7O7/c1-22-21-44(23(2)20-43(22)25-8-11-30(39-3)29(38)17-25)37(50)41-24-7-14-33(40-19-24)52-16-6-4-5-15-51-26-9-10-27-28(18-26)36(49)45(35(27)48)31-12-13-32(46)42-34(31)47/h7-11,14,17-19,22-23,31H,4-6,12-13,15-16,20-21H2,1-2H3,(H,41,50)(H,42,46,47)/t22-,23+,31?/m0/s1. The largest absolute Gasteiger partial charge is 0.494 e. The molecule has 1 aromatic heterocycles. The molecule has 1 unspecified atom stereocenters. The number of halogens is 1. The molecular weight excluding hydrogens is 690 g/mol. The zero-order valence-electron chi connectivity index (χ0n) is 28.8. The molecule has 14 nitrogen and oxygen atoms in total. The van der Waals surface area contributed by atoms with Crippen LogP contribution in [-0.2, 0) is 9.59 Å². The van der Waals surface area contributed by atoms with Gasteiger partial charge in [0.05, 0.1) is 42.8 Å². The summed E-state index contributed by atoms with van der Waals surface area (Å²) >= 11 is 6.27. The van der Waals surface area contributed by atoms with Gasteiger partial charge >= 0.3 is 6.03 Å². The van der Waals surface area contributed by atoms with Crippen LogP contribution in [0.1, 0.15) is 66.7 Å². The monoisotopic (exact) mass is 727 g/mol. The van der Waals surface area contributed by atoms with Crippen molar-refractivity contribution in [3.63, 3.8) is 0 Å². The van der Waals surface area contributed by atoms with Crippen molar-refractivity contribution < 1.29 is 33.4 Å². The van der Waals surface area contributed by atoms with Crippen molar-refractivity contribution in [3.05, 3.63) is 82.3 Å². The quantitative estimate of drug-likeness (QED) is 0.149. The maximum Gasteiger partial charge on any atom is 0.322 e. The lowest BCUT2D eigenvalue weighted by molar-refractivity contribution is -0.136. The van der Waals surface area contributed by atoms with Crippen LogP contribution in [0.3, 0.4) is 0 Å². The molecule has 4 heterocycles. The number of unbranched alkanes of at least 4 members (excludes halogenated alkanes) is 2. The average Bonchev–Trinajstić information content (AvgIpc) is 3.37. The molecule has 3 aliphatic heterocycles. The van der Waals surface area contributed by atoms with Crippen molar-refractivity contribution in [2.24, 2.45) is 0 Å². The highest BCUT2D eigenvalue weighted by Gasteiger charge is 2.44. The van der Waals surface area contributed by atoms with Crippen molar-refractivity contribution in [2.75, 3.05) is 36.5 Å². The second-order valence-electron chi connectivity index (χ2n) is 13.0. The Hall–Kier alpha value is -5.68. The topological polar surface area (TPSA) is 155 Å². The van der Waals surface area contributed by atoms with Gasteiger partial charge < -0.3 is 24.6 Å². The first-order valence-electron chi connectivity index (χ1n) is 17.1. The Bertz CT molecular complexity index is 1930. The molecule has 0 aliphatic carbocycles. The number of nitrogens with one attached hydrogen (secondary N) is 2. The highest BCUT2D eigenvalue weighted by atomic mass is 35.5. The van der Waals surface area contributed by atoms with Crippen LogP contribution in [0.25, 0.3) is 4.85 Å². The van der Waals surface area contributed by atoms with Gasteiger partial charge in [-0.1, -0.05) is 17.7 Å². The van der Waals surface area contributed by atoms with Gasteiger partial charge in [0.2, 0.25) is 23.4 Å². The number of hydrogen-bond donors (Lipinski definition) is 2. The minimum absolute atomic E-state index is 0.0360. The fourth-order valence-corrected chi connectivity index (χ4v) is 6.77. The van der Waals surface area contributed by atoms with E-state index in [-0.39, 0.29) is 42.1 Å². The number of amides is 6. The van der Waals surface area contributed by atoms with E-state index < -0.39 is 29.7 Å². The van der Waals surface area contributed by atoms with E-state index in [4.69, 9.17) is 27.6 Å². The number of rotatable bonds is 11. The SMILES string of the molecule is [C-]#[N+]c1ccc(N2C[C@@H](C)N(C(=O)Nc3ccc(OCCCCCOc4ccc5c(c4)C(=O)N(C4CCC(=O)NC4=O)C5=O)nc3)C[C@@H]2C)cc1Cl. The van der Waals surface area contributed by atoms with Crippen molar-refractivity contribution >= 4 is 58.3 Å². The number of pyridine rings is 1. The third-order valence-electron chi connectivity index (χ3n) is 9.34. The zero-order chi connectivity index (χ0) is 36.9. The number of fused-ring (bicyclic) bond motifs is 1. The van der Waals surface area contributed by atoms with E-state index >= 15 is 0 Å².